The molecule has 1 aromatic heterocycles. The molecule has 3 rings (SSSR count). The molecule has 1 aliphatic rings. The summed E-state index contributed by atoms with van der Waals surface area (Å²) in [6.45, 7) is 2.82. The Balaban J connectivity index is 1.73. The molecule has 0 aliphatic heterocycles. The van der Waals surface area contributed by atoms with Crippen molar-refractivity contribution in [2.75, 3.05) is 0 Å². The van der Waals surface area contributed by atoms with Crippen LogP contribution >= 0.6 is 0 Å². The van der Waals surface area contributed by atoms with Crippen molar-refractivity contribution in [1.82, 2.24) is 15.0 Å². The highest BCUT2D eigenvalue weighted by Crippen LogP contribution is 2.35. The quantitative estimate of drug-likeness (QED) is 0.868. The molecule has 88 valence electrons. The molecule has 2 atom stereocenters. The Morgan fingerprint density at radius 2 is 2.29 bits per heavy atom. The Bertz CT molecular complexity index is 530. The van der Waals surface area contributed by atoms with Gasteiger partial charge in [0.25, 0.3) is 0 Å². The SMILES string of the molecule is CC(N)c1cn(CC2Cc3ccccc32)nn1. The van der Waals surface area contributed by atoms with E-state index in [2.05, 4.69) is 34.6 Å². The van der Waals surface area contributed by atoms with Gasteiger partial charge >= 0.3 is 0 Å². The summed E-state index contributed by atoms with van der Waals surface area (Å²) in [6.07, 6.45) is 3.09. The fourth-order valence-electron chi connectivity index (χ4n) is 2.36. The van der Waals surface area contributed by atoms with Crippen LogP contribution in [0, 0.1) is 0 Å². The molecule has 2 N–H and O–H groups in total. The van der Waals surface area contributed by atoms with Gasteiger partial charge in [0.15, 0.2) is 0 Å². The average molecular weight is 228 g/mol. The van der Waals surface area contributed by atoms with Crippen LogP contribution in [0.2, 0.25) is 0 Å². The number of nitrogens with zero attached hydrogens (tertiary/aromatic N) is 3. The number of aromatic nitrogens is 3. The molecule has 4 heteroatoms. The van der Waals surface area contributed by atoms with Crippen molar-refractivity contribution in [3.8, 4) is 0 Å². The first kappa shape index (κ1) is 10.5. The highest BCUT2D eigenvalue weighted by molar-refractivity contribution is 5.39. The predicted octanol–water partition coefficient (Wildman–Crippen LogP) is 1.64. The molecule has 0 amide bonds. The van der Waals surface area contributed by atoms with E-state index in [-0.39, 0.29) is 6.04 Å². The molecule has 4 nitrogen and oxygen atoms in total. The first-order valence-electron chi connectivity index (χ1n) is 5.97. The topological polar surface area (TPSA) is 56.7 Å². The minimum atomic E-state index is -0.0440. The van der Waals surface area contributed by atoms with E-state index in [1.54, 1.807) is 0 Å². The zero-order valence-electron chi connectivity index (χ0n) is 9.87. The molecule has 17 heavy (non-hydrogen) atoms. The number of fused-ring (bicyclic) bond motifs is 1. The van der Waals surface area contributed by atoms with Gasteiger partial charge in [0.1, 0.15) is 0 Å². The minimum Gasteiger partial charge on any atom is -0.323 e. The third-order valence-electron chi connectivity index (χ3n) is 3.39. The van der Waals surface area contributed by atoms with E-state index in [1.807, 2.05) is 17.8 Å². The van der Waals surface area contributed by atoms with Crippen LogP contribution in [0.5, 0.6) is 0 Å². The van der Waals surface area contributed by atoms with Crippen molar-refractivity contribution in [3.05, 3.63) is 47.3 Å². The van der Waals surface area contributed by atoms with Crippen LogP contribution in [-0.2, 0) is 13.0 Å². The monoisotopic (exact) mass is 228 g/mol. The third kappa shape index (κ3) is 1.85. The lowest BCUT2D eigenvalue weighted by Crippen LogP contribution is -2.22. The van der Waals surface area contributed by atoms with Crippen LogP contribution in [0.4, 0.5) is 0 Å². The van der Waals surface area contributed by atoms with Crippen LogP contribution in [0.3, 0.4) is 0 Å². The molecule has 0 radical (unpaired) electrons. The van der Waals surface area contributed by atoms with Gasteiger partial charge in [-0.05, 0) is 24.5 Å². The highest BCUT2D eigenvalue weighted by atomic mass is 15.4. The summed E-state index contributed by atoms with van der Waals surface area (Å²) in [4.78, 5) is 0. The second-order valence-corrected chi connectivity index (χ2v) is 4.75. The lowest BCUT2D eigenvalue weighted by Gasteiger charge is -2.29. The van der Waals surface area contributed by atoms with Gasteiger partial charge in [0, 0.05) is 18.5 Å². The normalized spacial score (nSPS) is 19.5. The maximum Gasteiger partial charge on any atom is 0.0991 e. The lowest BCUT2D eigenvalue weighted by atomic mass is 9.78. The highest BCUT2D eigenvalue weighted by Gasteiger charge is 2.26. The van der Waals surface area contributed by atoms with Crippen LogP contribution in [0.1, 0.15) is 35.7 Å². The molecule has 0 spiro atoms. The van der Waals surface area contributed by atoms with Gasteiger partial charge in [-0.1, -0.05) is 29.5 Å². The molecule has 2 aromatic rings. The van der Waals surface area contributed by atoms with Gasteiger partial charge < -0.3 is 5.73 Å². The summed E-state index contributed by atoms with van der Waals surface area (Å²) >= 11 is 0. The molecule has 2 unspecified atom stereocenters. The lowest BCUT2D eigenvalue weighted by molar-refractivity contribution is 0.465. The molecule has 0 bridgehead atoms. The van der Waals surface area contributed by atoms with Crippen molar-refractivity contribution in [2.45, 2.75) is 31.8 Å². The summed E-state index contributed by atoms with van der Waals surface area (Å²) in [5.74, 6) is 0.578. The molecule has 1 aromatic carbocycles. The van der Waals surface area contributed by atoms with Crippen molar-refractivity contribution in [3.63, 3.8) is 0 Å². The Kier molecular flexibility index (Phi) is 2.44. The van der Waals surface area contributed by atoms with Gasteiger partial charge in [-0.3, -0.25) is 4.68 Å². The Morgan fingerprint density at radius 3 is 3.00 bits per heavy atom. The smallest absolute Gasteiger partial charge is 0.0991 e. The third-order valence-corrected chi connectivity index (χ3v) is 3.39. The fourth-order valence-corrected chi connectivity index (χ4v) is 2.36. The van der Waals surface area contributed by atoms with E-state index in [9.17, 15) is 0 Å². The maximum absolute atomic E-state index is 5.77. The second kappa shape index (κ2) is 3.96. The molecule has 0 fully saturated rings. The predicted molar refractivity (Wildman–Crippen MR) is 65.5 cm³/mol. The number of benzene rings is 1. The second-order valence-electron chi connectivity index (χ2n) is 4.75. The number of rotatable bonds is 3. The fraction of sp³-hybridized carbons (Fsp3) is 0.385. The van der Waals surface area contributed by atoms with E-state index in [0.29, 0.717) is 5.92 Å². The van der Waals surface area contributed by atoms with E-state index in [0.717, 1.165) is 18.7 Å². The van der Waals surface area contributed by atoms with Crippen LogP contribution in [0.15, 0.2) is 30.5 Å². The van der Waals surface area contributed by atoms with E-state index >= 15 is 0 Å². The van der Waals surface area contributed by atoms with E-state index < -0.39 is 0 Å². The first-order chi connectivity index (χ1) is 8.24. The molecule has 0 saturated carbocycles. The molecular weight excluding hydrogens is 212 g/mol. The standard InChI is InChI=1S/C13H16N4/c1-9(14)13-8-17(16-15-13)7-11-6-10-4-2-3-5-12(10)11/h2-5,8-9,11H,6-7,14H2,1H3. The summed E-state index contributed by atoms with van der Waals surface area (Å²) < 4.78 is 1.90. The zero-order valence-corrected chi connectivity index (χ0v) is 9.87. The van der Waals surface area contributed by atoms with Crippen molar-refractivity contribution < 1.29 is 0 Å². The van der Waals surface area contributed by atoms with Crippen LogP contribution in [-0.4, -0.2) is 15.0 Å². The summed E-state index contributed by atoms with van der Waals surface area (Å²) in [7, 11) is 0. The van der Waals surface area contributed by atoms with Crippen molar-refractivity contribution in [1.29, 1.82) is 0 Å². The zero-order chi connectivity index (χ0) is 11.8. The molecule has 1 heterocycles. The summed E-state index contributed by atoms with van der Waals surface area (Å²) in [5, 5.41) is 8.19. The minimum absolute atomic E-state index is 0.0440. The summed E-state index contributed by atoms with van der Waals surface area (Å²) in [6, 6.07) is 8.55. The molecule has 1 aliphatic carbocycles. The Morgan fingerprint density at radius 1 is 1.47 bits per heavy atom. The van der Waals surface area contributed by atoms with Gasteiger partial charge in [-0.15, -0.1) is 5.10 Å². The number of hydrogen-bond donors (Lipinski definition) is 1. The average Bonchev–Trinajstić information content (AvgIpc) is 2.75. The maximum atomic E-state index is 5.77. The van der Waals surface area contributed by atoms with E-state index in [4.69, 9.17) is 5.73 Å². The van der Waals surface area contributed by atoms with Gasteiger partial charge in [-0.25, -0.2) is 0 Å². The summed E-state index contributed by atoms with van der Waals surface area (Å²) in [5.41, 5.74) is 9.54. The Labute approximate surface area is 100 Å². The van der Waals surface area contributed by atoms with Crippen molar-refractivity contribution in [2.24, 2.45) is 5.73 Å². The molecule has 0 saturated heterocycles. The van der Waals surface area contributed by atoms with Gasteiger partial charge in [0.05, 0.1) is 11.9 Å². The van der Waals surface area contributed by atoms with Crippen molar-refractivity contribution >= 4 is 0 Å². The largest absolute Gasteiger partial charge is 0.323 e. The van der Waals surface area contributed by atoms with Crippen LogP contribution < -0.4 is 5.73 Å². The number of nitrogens with two attached hydrogens (primary N) is 1. The van der Waals surface area contributed by atoms with Gasteiger partial charge in [0.2, 0.25) is 0 Å². The van der Waals surface area contributed by atoms with E-state index in [1.165, 1.54) is 11.1 Å². The van der Waals surface area contributed by atoms with Gasteiger partial charge in [-0.2, -0.15) is 0 Å². The molecular formula is C13H16N4. The Hall–Kier alpha value is -1.68. The first-order valence-corrected chi connectivity index (χ1v) is 5.97. The van der Waals surface area contributed by atoms with Crippen LogP contribution in [0.25, 0.3) is 0 Å². The number of hydrogen-bond acceptors (Lipinski definition) is 3.